The van der Waals surface area contributed by atoms with Gasteiger partial charge >= 0.3 is 0 Å². The van der Waals surface area contributed by atoms with Crippen molar-refractivity contribution in [1.29, 1.82) is 0 Å². The van der Waals surface area contributed by atoms with E-state index in [0.29, 0.717) is 24.5 Å². The van der Waals surface area contributed by atoms with Crippen molar-refractivity contribution in [3.63, 3.8) is 0 Å². The molecular formula is C11H18N6O2S2. The van der Waals surface area contributed by atoms with E-state index in [4.69, 9.17) is 5.73 Å². The summed E-state index contributed by atoms with van der Waals surface area (Å²) in [4.78, 5) is 0.134. The second kappa shape index (κ2) is 6.85. The summed E-state index contributed by atoms with van der Waals surface area (Å²) in [6.45, 7) is 3.13. The van der Waals surface area contributed by atoms with Crippen molar-refractivity contribution in [3.05, 3.63) is 12.4 Å². The Kier molecular flexibility index (Phi) is 5.12. The maximum absolute atomic E-state index is 12.2. The molecule has 0 atom stereocenters. The van der Waals surface area contributed by atoms with Gasteiger partial charge in [0.05, 0.1) is 11.9 Å². The number of aryl methyl sites for hydroxylation is 1. The molecule has 21 heavy (non-hydrogen) atoms. The van der Waals surface area contributed by atoms with Crippen molar-refractivity contribution in [2.45, 2.75) is 31.2 Å². The highest BCUT2D eigenvalue weighted by Gasteiger charge is 2.24. The SMILES string of the molecule is CCCS(=O)(=O)c1c(N)nsc1NCCCn1ccnn1. The van der Waals surface area contributed by atoms with Crippen LogP contribution < -0.4 is 11.1 Å². The van der Waals surface area contributed by atoms with Gasteiger partial charge in [0.15, 0.2) is 15.7 Å². The second-order valence-corrected chi connectivity index (χ2v) is 7.31. The molecule has 0 saturated heterocycles. The fraction of sp³-hybridized carbons (Fsp3) is 0.545. The van der Waals surface area contributed by atoms with E-state index >= 15 is 0 Å². The summed E-state index contributed by atoms with van der Waals surface area (Å²) >= 11 is 1.08. The zero-order valence-electron chi connectivity index (χ0n) is 11.7. The van der Waals surface area contributed by atoms with Crippen LogP contribution in [0.1, 0.15) is 19.8 Å². The Morgan fingerprint density at radius 2 is 2.29 bits per heavy atom. The lowest BCUT2D eigenvalue weighted by Gasteiger charge is -2.07. The van der Waals surface area contributed by atoms with Gasteiger partial charge in [-0.15, -0.1) is 5.10 Å². The lowest BCUT2D eigenvalue weighted by molar-refractivity contribution is 0.569. The average Bonchev–Trinajstić information content (AvgIpc) is 3.04. The van der Waals surface area contributed by atoms with E-state index in [1.54, 1.807) is 17.1 Å². The van der Waals surface area contributed by atoms with E-state index in [1.807, 2.05) is 6.92 Å². The van der Waals surface area contributed by atoms with Crippen LogP contribution in [0.3, 0.4) is 0 Å². The summed E-state index contributed by atoms with van der Waals surface area (Å²) in [5.41, 5.74) is 5.70. The zero-order chi connectivity index (χ0) is 15.3. The molecule has 0 amide bonds. The van der Waals surface area contributed by atoms with Gasteiger partial charge in [-0.1, -0.05) is 12.1 Å². The fourth-order valence-electron chi connectivity index (χ4n) is 1.87. The Morgan fingerprint density at radius 3 is 2.95 bits per heavy atom. The number of nitrogen functional groups attached to an aromatic ring is 1. The number of rotatable bonds is 8. The Hall–Kier alpha value is -1.68. The highest BCUT2D eigenvalue weighted by atomic mass is 32.2. The van der Waals surface area contributed by atoms with Gasteiger partial charge < -0.3 is 11.1 Å². The number of sulfone groups is 1. The highest BCUT2D eigenvalue weighted by Crippen LogP contribution is 2.32. The van der Waals surface area contributed by atoms with Crippen LogP contribution in [0.25, 0.3) is 0 Å². The molecule has 2 heterocycles. The quantitative estimate of drug-likeness (QED) is 0.694. The number of hydrogen-bond donors (Lipinski definition) is 2. The van der Waals surface area contributed by atoms with E-state index in [9.17, 15) is 8.42 Å². The third kappa shape index (κ3) is 3.91. The molecule has 0 unspecified atom stereocenters. The minimum Gasteiger partial charge on any atom is -0.382 e. The van der Waals surface area contributed by atoms with Gasteiger partial charge in [-0.25, -0.2) is 8.42 Å². The number of nitrogens with two attached hydrogens (primary N) is 1. The normalized spacial score (nSPS) is 11.7. The first kappa shape index (κ1) is 15.7. The van der Waals surface area contributed by atoms with Crippen LogP contribution >= 0.6 is 11.5 Å². The zero-order valence-corrected chi connectivity index (χ0v) is 13.3. The van der Waals surface area contributed by atoms with Crippen molar-refractivity contribution in [3.8, 4) is 0 Å². The Balaban J connectivity index is 1.98. The lowest BCUT2D eigenvalue weighted by atomic mass is 10.4. The first-order valence-electron chi connectivity index (χ1n) is 6.60. The van der Waals surface area contributed by atoms with Crippen molar-refractivity contribution < 1.29 is 8.42 Å². The maximum atomic E-state index is 12.2. The lowest BCUT2D eigenvalue weighted by Crippen LogP contribution is -2.12. The standard InChI is InChI=1S/C11H18N6O2S2/c1-2-8-21(18,19)9-10(12)15-20-11(9)13-4-3-6-17-7-5-14-16-17/h5,7,13H,2-4,6,8H2,1H3,(H2,12,15). The fourth-order valence-corrected chi connectivity index (χ4v) is 4.52. The molecule has 0 aliphatic rings. The Labute approximate surface area is 127 Å². The predicted octanol–water partition coefficient (Wildman–Crippen LogP) is 1.00. The molecule has 2 aromatic heterocycles. The Morgan fingerprint density at radius 1 is 1.48 bits per heavy atom. The molecule has 0 spiro atoms. The largest absolute Gasteiger partial charge is 0.382 e. The van der Waals surface area contributed by atoms with Gasteiger partial charge in [-0.05, 0) is 24.4 Å². The first-order chi connectivity index (χ1) is 10.0. The van der Waals surface area contributed by atoms with Crippen molar-refractivity contribution in [2.75, 3.05) is 23.3 Å². The summed E-state index contributed by atoms with van der Waals surface area (Å²) < 4.78 is 30.0. The molecule has 2 rings (SSSR count). The van der Waals surface area contributed by atoms with Gasteiger partial charge in [0.25, 0.3) is 0 Å². The topological polar surface area (TPSA) is 116 Å². The molecule has 3 N–H and O–H groups in total. The van der Waals surface area contributed by atoms with Gasteiger partial charge in [0.2, 0.25) is 0 Å². The summed E-state index contributed by atoms with van der Waals surface area (Å²) in [5.74, 6) is 0.149. The second-order valence-electron chi connectivity index (χ2n) is 4.49. The summed E-state index contributed by atoms with van der Waals surface area (Å²) in [7, 11) is -3.38. The molecule has 0 aromatic carbocycles. The van der Waals surface area contributed by atoms with Crippen molar-refractivity contribution in [2.24, 2.45) is 0 Å². The van der Waals surface area contributed by atoms with Crippen LogP contribution in [0.15, 0.2) is 17.3 Å². The molecule has 116 valence electrons. The van der Waals surface area contributed by atoms with Crippen LogP contribution in [0, 0.1) is 0 Å². The highest BCUT2D eigenvalue weighted by molar-refractivity contribution is 7.91. The van der Waals surface area contributed by atoms with Crippen LogP contribution in [0.5, 0.6) is 0 Å². The van der Waals surface area contributed by atoms with Crippen LogP contribution in [0.2, 0.25) is 0 Å². The molecule has 10 heteroatoms. The smallest absolute Gasteiger partial charge is 0.185 e. The van der Waals surface area contributed by atoms with Crippen LogP contribution in [-0.2, 0) is 16.4 Å². The van der Waals surface area contributed by atoms with E-state index in [0.717, 1.165) is 18.0 Å². The molecule has 2 aromatic rings. The summed E-state index contributed by atoms with van der Waals surface area (Å²) in [5, 5.41) is 11.2. The number of aromatic nitrogens is 4. The van der Waals surface area contributed by atoms with Gasteiger partial charge in [-0.2, -0.15) is 4.37 Å². The van der Waals surface area contributed by atoms with E-state index in [2.05, 4.69) is 20.0 Å². The van der Waals surface area contributed by atoms with Gasteiger partial charge in [0, 0.05) is 19.3 Å². The molecule has 0 bridgehead atoms. The van der Waals surface area contributed by atoms with E-state index in [1.165, 1.54) is 0 Å². The minimum atomic E-state index is -3.38. The number of anilines is 2. The predicted molar refractivity (Wildman–Crippen MR) is 82.0 cm³/mol. The number of hydrogen-bond acceptors (Lipinski definition) is 8. The van der Waals surface area contributed by atoms with Crippen molar-refractivity contribution in [1.82, 2.24) is 19.4 Å². The molecule has 0 aliphatic heterocycles. The minimum absolute atomic E-state index is 0.0727. The van der Waals surface area contributed by atoms with E-state index < -0.39 is 9.84 Å². The third-order valence-corrected chi connectivity index (χ3v) is 5.71. The van der Waals surface area contributed by atoms with Crippen LogP contribution in [0.4, 0.5) is 10.8 Å². The number of nitrogens with zero attached hydrogens (tertiary/aromatic N) is 4. The third-order valence-electron chi connectivity index (χ3n) is 2.78. The molecule has 0 fully saturated rings. The first-order valence-corrected chi connectivity index (χ1v) is 9.03. The van der Waals surface area contributed by atoms with Gasteiger partial charge in [0.1, 0.15) is 9.90 Å². The molecular weight excluding hydrogens is 312 g/mol. The Bertz CT molecular complexity index is 665. The molecule has 0 radical (unpaired) electrons. The molecule has 8 nitrogen and oxygen atoms in total. The van der Waals surface area contributed by atoms with Crippen LogP contribution in [-0.4, -0.2) is 40.1 Å². The van der Waals surface area contributed by atoms with Crippen molar-refractivity contribution >= 4 is 32.2 Å². The number of nitrogens with one attached hydrogen (secondary N) is 1. The van der Waals surface area contributed by atoms with Gasteiger partial charge in [-0.3, -0.25) is 4.68 Å². The molecule has 0 aliphatic carbocycles. The average molecular weight is 330 g/mol. The maximum Gasteiger partial charge on any atom is 0.185 e. The summed E-state index contributed by atoms with van der Waals surface area (Å²) in [6, 6.07) is 0. The summed E-state index contributed by atoms with van der Waals surface area (Å²) in [6.07, 6.45) is 4.73. The molecule has 0 saturated carbocycles. The van der Waals surface area contributed by atoms with E-state index in [-0.39, 0.29) is 16.5 Å². The monoisotopic (exact) mass is 330 g/mol.